The number of nitrogens with zero attached hydrogens (tertiary/aromatic N) is 3. The number of halogens is 1. The Balaban J connectivity index is 1.51. The smallest absolute Gasteiger partial charge is 0.258 e. The largest absolute Gasteiger partial charge is 0.471 e. The number of pyridine rings is 1. The second-order valence-corrected chi connectivity index (χ2v) is 8.09. The number of aldehydes is 1. The summed E-state index contributed by atoms with van der Waals surface area (Å²) in [5, 5.41) is 0.484. The first kappa shape index (κ1) is 21.8. The van der Waals surface area contributed by atoms with E-state index in [0.29, 0.717) is 23.0 Å². The van der Waals surface area contributed by atoms with Crippen molar-refractivity contribution < 1.29 is 14.3 Å². The minimum Gasteiger partial charge on any atom is -0.471 e. The van der Waals surface area contributed by atoms with Crippen LogP contribution in [0.1, 0.15) is 22.3 Å². The van der Waals surface area contributed by atoms with E-state index in [4.69, 9.17) is 16.3 Å². The van der Waals surface area contributed by atoms with Crippen LogP contribution in [-0.4, -0.2) is 43.4 Å². The number of rotatable bonds is 7. The average Bonchev–Trinajstić information content (AvgIpc) is 3.28. The number of ether oxygens (including phenoxy) is 1. The number of hydrogen-bond acceptors (Lipinski definition) is 5. The molecule has 0 spiro atoms. The maximum absolute atomic E-state index is 13.0. The molecule has 0 bridgehead atoms. The SMILES string of the molecule is CN(C(=O)c1ccc(N2CCC(Oc3ncccc3Cl)C2)c(CC=O)c1)c1ccccc1. The Morgan fingerprint density at radius 1 is 1.22 bits per heavy atom. The lowest BCUT2D eigenvalue weighted by molar-refractivity contribution is -0.107. The normalized spacial score (nSPS) is 15.4. The third-order valence-electron chi connectivity index (χ3n) is 5.57. The molecule has 2 aromatic carbocycles. The van der Waals surface area contributed by atoms with Crippen LogP contribution in [0.4, 0.5) is 11.4 Å². The van der Waals surface area contributed by atoms with Crippen LogP contribution in [0.2, 0.25) is 5.02 Å². The monoisotopic (exact) mass is 449 g/mol. The van der Waals surface area contributed by atoms with Crippen molar-refractivity contribution in [2.75, 3.05) is 29.9 Å². The van der Waals surface area contributed by atoms with E-state index in [1.165, 1.54) is 0 Å². The van der Waals surface area contributed by atoms with Crippen molar-refractivity contribution in [3.8, 4) is 5.88 Å². The Hall–Kier alpha value is -3.38. The Bertz CT molecular complexity index is 1110. The number of carbonyl (C=O) groups is 2. The number of hydrogen-bond donors (Lipinski definition) is 0. The average molecular weight is 450 g/mol. The molecule has 1 aliphatic rings. The van der Waals surface area contributed by atoms with Gasteiger partial charge in [0, 0.05) is 49.6 Å². The first-order chi connectivity index (χ1) is 15.6. The lowest BCUT2D eigenvalue weighted by Crippen LogP contribution is -2.27. The van der Waals surface area contributed by atoms with E-state index in [2.05, 4.69) is 9.88 Å². The molecule has 1 fully saturated rings. The zero-order valence-corrected chi connectivity index (χ0v) is 18.5. The van der Waals surface area contributed by atoms with E-state index >= 15 is 0 Å². The fourth-order valence-electron chi connectivity index (χ4n) is 3.90. The number of carbonyl (C=O) groups excluding carboxylic acids is 2. The summed E-state index contributed by atoms with van der Waals surface area (Å²) in [5.41, 5.74) is 3.12. The van der Waals surface area contributed by atoms with Gasteiger partial charge in [0.15, 0.2) is 0 Å². The molecular weight excluding hydrogens is 426 g/mol. The molecule has 0 saturated carbocycles. The van der Waals surface area contributed by atoms with E-state index in [1.54, 1.807) is 30.3 Å². The van der Waals surface area contributed by atoms with Gasteiger partial charge in [0.1, 0.15) is 17.4 Å². The highest BCUT2D eigenvalue weighted by Gasteiger charge is 2.27. The molecule has 1 amide bonds. The number of para-hydroxylation sites is 1. The first-order valence-electron chi connectivity index (χ1n) is 10.5. The fourth-order valence-corrected chi connectivity index (χ4v) is 4.07. The van der Waals surface area contributed by atoms with Gasteiger partial charge in [0.25, 0.3) is 5.91 Å². The highest BCUT2D eigenvalue weighted by molar-refractivity contribution is 6.31. The molecule has 4 rings (SSSR count). The van der Waals surface area contributed by atoms with E-state index in [1.807, 2.05) is 48.5 Å². The van der Waals surface area contributed by atoms with Crippen LogP contribution in [-0.2, 0) is 11.2 Å². The van der Waals surface area contributed by atoms with Gasteiger partial charge in [-0.3, -0.25) is 4.79 Å². The van der Waals surface area contributed by atoms with Crippen LogP contribution in [0.3, 0.4) is 0 Å². The van der Waals surface area contributed by atoms with Crippen molar-refractivity contribution in [2.24, 2.45) is 0 Å². The van der Waals surface area contributed by atoms with Crippen LogP contribution in [0, 0.1) is 0 Å². The minimum atomic E-state index is -0.123. The number of amides is 1. The van der Waals surface area contributed by atoms with Gasteiger partial charge in [-0.2, -0.15) is 0 Å². The van der Waals surface area contributed by atoms with Crippen LogP contribution in [0.25, 0.3) is 0 Å². The standard InChI is InChI=1S/C25H24ClN3O3/c1-28(20-6-3-2-4-7-20)25(31)19-9-10-23(18(16-19)12-15-30)29-14-11-21(17-29)32-24-22(26)8-5-13-27-24/h2-10,13,15-16,21H,11-12,14,17H2,1H3. The summed E-state index contributed by atoms with van der Waals surface area (Å²) >= 11 is 6.16. The van der Waals surface area contributed by atoms with Crippen molar-refractivity contribution in [2.45, 2.75) is 18.9 Å². The molecule has 1 unspecified atom stereocenters. The molecule has 32 heavy (non-hydrogen) atoms. The summed E-state index contributed by atoms with van der Waals surface area (Å²) in [6.07, 6.45) is 3.51. The second-order valence-electron chi connectivity index (χ2n) is 7.68. The molecule has 6 nitrogen and oxygen atoms in total. The molecule has 0 aliphatic carbocycles. The molecule has 3 aromatic rings. The van der Waals surface area contributed by atoms with Gasteiger partial charge >= 0.3 is 0 Å². The summed E-state index contributed by atoms with van der Waals surface area (Å²) in [7, 11) is 1.75. The Kier molecular flexibility index (Phi) is 6.71. The van der Waals surface area contributed by atoms with Crippen LogP contribution >= 0.6 is 11.6 Å². The molecular formula is C25H24ClN3O3. The van der Waals surface area contributed by atoms with Crippen molar-refractivity contribution >= 4 is 35.2 Å². The van der Waals surface area contributed by atoms with Gasteiger partial charge in [0.05, 0.1) is 6.54 Å². The van der Waals surface area contributed by atoms with Gasteiger partial charge in [-0.1, -0.05) is 29.8 Å². The second kappa shape index (κ2) is 9.83. The Morgan fingerprint density at radius 2 is 2.03 bits per heavy atom. The van der Waals surface area contributed by atoms with Crippen molar-refractivity contribution in [1.29, 1.82) is 0 Å². The lowest BCUT2D eigenvalue weighted by Gasteiger charge is -2.23. The maximum Gasteiger partial charge on any atom is 0.258 e. The van der Waals surface area contributed by atoms with Crippen molar-refractivity contribution in [3.05, 3.63) is 83.0 Å². The predicted molar refractivity (Wildman–Crippen MR) is 126 cm³/mol. The molecule has 2 heterocycles. The minimum absolute atomic E-state index is 0.0583. The molecule has 1 atom stereocenters. The van der Waals surface area contributed by atoms with Gasteiger partial charge in [-0.25, -0.2) is 4.98 Å². The lowest BCUT2D eigenvalue weighted by atomic mass is 10.0. The van der Waals surface area contributed by atoms with Crippen LogP contribution in [0.5, 0.6) is 5.88 Å². The van der Waals surface area contributed by atoms with Gasteiger partial charge in [-0.15, -0.1) is 0 Å². The molecule has 1 aliphatic heterocycles. The van der Waals surface area contributed by atoms with Crippen LogP contribution < -0.4 is 14.5 Å². The van der Waals surface area contributed by atoms with E-state index in [-0.39, 0.29) is 18.4 Å². The van der Waals surface area contributed by atoms with Gasteiger partial charge in [0.2, 0.25) is 5.88 Å². The van der Waals surface area contributed by atoms with E-state index < -0.39 is 0 Å². The molecule has 0 N–H and O–H groups in total. The number of anilines is 2. The van der Waals surface area contributed by atoms with Crippen LogP contribution in [0.15, 0.2) is 66.9 Å². The maximum atomic E-state index is 13.0. The van der Waals surface area contributed by atoms with Gasteiger partial charge < -0.3 is 19.3 Å². The first-order valence-corrected chi connectivity index (χ1v) is 10.9. The number of benzene rings is 2. The Morgan fingerprint density at radius 3 is 2.78 bits per heavy atom. The highest BCUT2D eigenvalue weighted by Crippen LogP contribution is 2.30. The topological polar surface area (TPSA) is 62.7 Å². The molecule has 1 aromatic heterocycles. The highest BCUT2D eigenvalue weighted by atomic mass is 35.5. The summed E-state index contributed by atoms with van der Waals surface area (Å²) in [5.74, 6) is 0.307. The van der Waals surface area contributed by atoms with E-state index in [9.17, 15) is 9.59 Å². The molecule has 164 valence electrons. The third kappa shape index (κ3) is 4.75. The predicted octanol–water partition coefficient (Wildman–Crippen LogP) is 4.41. The summed E-state index contributed by atoms with van der Waals surface area (Å²) in [6, 6.07) is 18.5. The van der Waals surface area contributed by atoms with Crippen molar-refractivity contribution in [1.82, 2.24) is 4.98 Å². The third-order valence-corrected chi connectivity index (χ3v) is 5.85. The van der Waals surface area contributed by atoms with Crippen molar-refractivity contribution in [3.63, 3.8) is 0 Å². The number of aromatic nitrogens is 1. The zero-order valence-electron chi connectivity index (χ0n) is 17.8. The quantitative estimate of drug-likeness (QED) is 0.500. The van der Waals surface area contributed by atoms with E-state index in [0.717, 1.165) is 36.2 Å². The molecule has 7 heteroatoms. The molecule has 1 saturated heterocycles. The zero-order chi connectivity index (χ0) is 22.5. The van der Waals surface area contributed by atoms with Gasteiger partial charge in [-0.05, 0) is 48.0 Å². The fraction of sp³-hybridized carbons (Fsp3) is 0.240. The molecule has 0 radical (unpaired) electrons. The summed E-state index contributed by atoms with van der Waals surface area (Å²) in [6.45, 7) is 1.42. The summed E-state index contributed by atoms with van der Waals surface area (Å²) in [4.78, 5) is 32.3. The summed E-state index contributed by atoms with van der Waals surface area (Å²) < 4.78 is 5.99. The Labute approximate surface area is 192 Å².